The number of benzene rings is 1. The van der Waals surface area contributed by atoms with E-state index >= 15 is 0 Å². The summed E-state index contributed by atoms with van der Waals surface area (Å²) in [6.45, 7) is -0.197. The van der Waals surface area contributed by atoms with Gasteiger partial charge in [0, 0.05) is 16.1 Å². The van der Waals surface area contributed by atoms with E-state index in [1.165, 1.54) is 11.3 Å². The molecule has 8 heteroatoms. The summed E-state index contributed by atoms with van der Waals surface area (Å²) in [5.41, 5.74) is 5.11. The number of aliphatic hydroxyl groups is 1. The molecule has 0 radical (unpaired) electrons. The van der Waals surface area contributed by atoms with Crippen LogP contribution in [0.5, 0.6) is 0 Å². The Bertz CT molecular complexity index is 614. The molecule has 0 saturated carbocycles. The van der Waals surface area contributed by atoms with Gasteiger partial charge in [-0.1, -0.05) is 18.2 Å². The number of nitrogens with two attached hydrogens (primary N) is 1. The van der Waals surface area contributed by atoms with Crippen LogP contribution in [0.2, 0.25) is 0 Å². The van der Waals surface area contributed by atoms with Crippen molar-refractivity contribution in [3.8, 4) is 0 Å². The van der Waals surface area contributed by atoms with E-state index in [0.29, 0.717) is 0 Å². The summed E-state index contributed by atoms with van der Waals surface area (Å²) >= 11 is 1.49. The van der Waals surface area contributed by atoms with Gasteiger partial charge in [0.05, 0.1) is 13.1 Å². The molecule has 22 heavy (non-hydrogen) atoms. The molecule has 2 rings (SSSR count). The number of halogens is 1. The summed E-state index contributed by atoms with van der Waals surface area (Å²) in [5, 5.41) is 16.1. The van der Waals surface area contributed by atoms with Gasteiger partial charge in [0.25, 0.3) is 0 Å². The Morgan fingerprint density at radius 1 is 1.23 bits per heavy atom. The van der Waals surface area contributed by atoms with Crippen LogP contribution in [-0.2, 0) is 9.59 Å². The smallest absolute Gasteiger partial charge is 0.239 e. The molecule has 5 N–H and O–H groups in total. The third-order valence-electron chi connectivity index (χ3n) is 2.90. The highest BCUT2D eigenvalue weighted by Gasteiger charge is 2.13. The molecule has 1 aromatic carbocycles. The summed E-state index contributed by atoms with van der Waals surface area (Å²) in [5.74, 6) is -0.757. The summed E-state index contributed by atoms with van der Waals surface area (Å²) in [6.07, 6.45) is -0.767. The molecule has 0 fully saturated rings. The van der Waals surface area contributed by atoms with E-state index in [1.807, 2.05) is 30.3 Å². The lowest BCUT2D eigenvalue weighted by Crippen LogP contribution is -2.40. The third-order valence-corrected chi connectivity index (χ3v) is 4.11. The minimum Gasteiger partial charge on any atom is -0.386 e. The zero-order valence-electron chi connectivity index (χ0n) is 11.7. The van der Waals surface area contributed by atoms with E-state index in [4.69, 9.17) is 5.73 Å². The predicted molar refractivity (Wildman–Crippen MR) is 89.1 cm³/mol. The molecule has 120 valence electrons. The molecule has 2 aromatic rings. The lowest BCUT2D eigenvalue weighted by molar-refractivity contribution is -0.125. The molecule has 1 aromatic heterocycles. The maximum atomic E-state index is 11.5. The summed E-state index contributed by atoms with van der Waals surface area (Å²) in [7, 11) is 0. The molecule has 0 aliphatic heterocycles. The van der Waals surface area contributed by atoms with Gasteiger partial charge in [0.2, 0.25) is 11.8 Å². The average Bonchev–Trinajstić information content (AvgIpc) is 2.94. The number of carbonyl (C=O) groups is 2. The molecular formula is C14H18ClN3O3S. The number of hydrogen-bond acceptors (Lipinski definition) is 5. The molecule has 0 spiro atoms. The topological polar surface area (TPSA) is 104 Å². The van der Waals surface area contributed by atoms with Crippen molar-refractivity contribution in [3.63, 3.8) is 0 Å². The summed E-state index contributed by atoms with van der Waals surface area (Å²) < 4.78 is 1.09. The first-order chi connectivity index (χ1) is 10.1. The van der Waals surface area contributed by atoms with Gasteiger partial charge >= 0.3 is 0 Å². The van der Waals surface area contributed by atoms with E-state index in [2.05, 4.69) is 10.6 Å². The SMILES string of the molecule is Cl.NCC(=O)NCC(=O)NCC(O)c1cc2ccccc2s1. The van der Waals surface area contributed by atoms with Crippen LogP contribution in [0.15, 0.2) is 30.3 Å². The zero-order valence-corrected chi connectivity index (χ0v) is 13.4. The van der Waals surface area contributed by atoms with Crippen LogP contribution in [0.25, 0.3) is 10.1 Å². The molecule has 1 unspecified atom stereocenters. The standard InChI is InChI=1S/C14H17N3O3S.ClH/c15-6-13(19)17-8-14(20)16-7-10(18)12-5-9-3-1-2-4-11(9)21-12;/h1-5,10,18H,6-8,15H2,(H,16,20)(H,17,19);1H. The van der Waals surface area contributed by atoms with E-state index in [-0.39, 0.29) is 37.9 Å². The molecule has 6 nitrogen and oxygen atoms in total. The molecular weight excluding hydrogens is 326 g/mol. The van der Waals surface area contributed by atoms with Crippen molar-refractivity contribution in [1.82, 2.24) is 10.6 Å². The van der Waals surface area contributed by atoms with Crippen molar-refractivity contribution in [2.75, 3.05) is 19.6 Å². The minimum absolute atomic E-state index is 0. The van der Waals surface area contributed by atoms with Gasteiger partial charge in [-0.3, -0.25) is 9.59 Å². The Morgan fingerprint density at radius 3 is 2.64 bits per heavy atom. The van der Waals surface area contributed by atoms with E-state index in [9.17, 15) is 14.7 Å². The Balaban J connectivity index is 0.00000242. The van der Waals surface area contributed by atoms with Crippen LogP contribution < -0.4 is 16.4 Å². The second kappa shape index (κ2) is 8.70. The maximum Gasteiger partial charge on any atom is 0.239 e. The van der Waals surface area contributed by atoms with Crippen LogP contribution in [0, 0.1) is 0 Å². The first-order valence-electron chi connectivity index (χ1n) is 6.50. The van der Waals surface area contributed by atoms with Crippen molar-refractivity contribution in [2.24, 2.45) is 5.73 Å². The number of fused-ring (bicyclic) bond motifs is 1. The Kier molecular flexibility index (Phi) is 7.26. The first kappa shape index (κ1) is 18.4. The monoisotopic (exact) mass is 343 g/mol. The second-order valence-electron chi connectivity index (χ2n) is 4.49. The highest BCUT2D eigenvalue weighted by atomic mass is 35.5. The van der Waals surface area contributed by atoms with Crippen LogP contribution in [-0.4, -0.2) is 36.6 Å². The minimum atomic E-state index is -0.767. The fourth-order valence-corrected chi connectivity index (χ4v) is 2.84. The highest BCUT2D eigenvalue weighted by Crippen LogP contribution is 2.29. The van der Waals surface area contributed by atoms with Crippen molar-refractivity contribution in [1.29, 1.82) is 0 Å². The molecule has 0 aliphatic rings. The third kappa shape index (κ3) is 4.96. The lowest BCUT2D eigenvalue weighted by Gasteiger charge is -2.10. The van der Waals surface area contributed by atoms with E-state index in [0.717, 1.165) is 15.0 Å². The number of thiophene rings is 1. The summed E-state index contributed by atoms with van der Waals surface area (Å²) in [6, 6.07) is 9.75. The van der Waals surface area contributed by atoms with Crippen molar-refractivity contribution in [2.45, 2.75) is 6.10 Å². The Labute approximate surface area is 138 Å². The van der Waals surface area contributed by atoms with Gasteiger partial charge in [-0.05, 0) is 17.5 Å². The highest BCUT2D eigenvalue weighted by molar-refractivity contribution is 7.19. The van der Waals surface area contributed by atoms with Gasteiger partial charge in [-0.25, -0.2) is 0 Å². The first-order valence-corrected chi connectivity index (χ1v) is 7.32. The fraction of sp³-hybridized carbons (Fsp3) is 0.286. The number of nitrogens with one attached hydrogen (secondary N) is 2. The summed E-state index contributed by atoms with van der Waals surface area (Å²) in [4.78, 5) is 23.2. The van der Waals surface area contributed by atoms with Crippen molar-refractivity contribution >= 4 is 45.6 Å². The molecule has 0 bridgehead atoms. The van der Waals surface area contributed by atoms with E-state index in [1.54, 1.807) is 0 Å². The normalized spacial score (nSPS) is 11.5. The van der Waals surface area contributed by atoms with Gasteiger partial charge in [-0.15, -0.1) is 23.7 Å². The Hall–Kier alpha value is -1.67. The predicted octanol–water partition coefficient (Wildman–Crippen LogP) is 0.548. The number of hydrogen-bond donors (Lipinski definition) is 4. The van der Waals surface area contributed by atoms with Crippen molar-refractivity contribution < 1.29 is 14.7 Å². The number of carbonyl (C=O) groups excluding carboxylic acids is 2. The van der Waals surface area contributed by atoms with Crippen LogP contribution in [0.4, 0.5) is 0 Å². The van der Waals surface area contributed by atoms with E-state index < -0.39 is 12.0 Å². The Morgan fingerprint density at radius 2 is 1.95 bits per heavy atom. The van der Waals surface area contributed by atoms with Gasteiger partial charge in [-0.2, -0.15) is 0 Å². The maximum absolute atomic E-state index is 11.5. The molecule has 1 atom stereocenters. The number of rotatable bonds is 6. The largest absolute Gasteiger partial charge is 0.386 e. The van der Waals surface area contributed by atoms with Crippen LogP contribution >= 0.6 is 23.7 Å². The lowest BCUT2D eigenvalue weighted by atomic mass is 10.2. The fourth-order valence-electron chi connectivity index (χ4n) is 1.79. The number of aliphatic hydroxyl groups excluding tert-OH is 1. The van der Waals surface area contributed by atoms with Gasteiger partial charge in [0.1, 0.15) is 6.10 Å². The second-order valence-corrected chi connectivity index (χ2v) is 5.60. The molecule has 0 aliphatic carbocycles. The van der Waals surface area contributed by atoms with Gasteiger partial charge in [0.15, 0.2) is 0 Å². The van der Waals surface area contributed by atoms with Crippen LogP contribution in [0.1, 0.15) is 11.0 Å². The van der Waals surface area contributed by atoms with Crippen molar-refractivity contribution in [3.05, 3.63) is 35.2 Å². The molecule has 0 saturated heterocycles. The quantitative estimate of drug-likeness (QED) is 0.614. The van der Waals surface area contributed by atoms with Crippen LogP contribution in [0.3, 0.4) is 0 Å². The van der Waals surface area contributed by atoms with Gasteiger partial charge < -0.3 is 21.5 Å². The zero-order chi connectivity index (χ0) is 15.2. The number of amides is 2. The molecule has 1 heterocycles. The molecule has 2 amide bonds. The average molecular weight is 344 g/mol.